The van der Waals surface area contributed by atoms with Crippen LogP contribution < -0.4 is 5.73 Å². The minimum Gasteiger partial charge on any atom is -0.329 e. The van der Waals surface area contributed by atoms with Gasteiger partial charge in [0.15, 0.2) is 0 Å². The Balaban J connectivity index is 2.00. The van der Waals surface area contributed by atoms with Crippen LogP contribution in [0.25, 0.3) is 0 Å². The number of ketones is 1. The van der Waals surface area contributed by atoms with Gasteiger partial charge in [-0.3, -0.25) is 4.79 Å². The number of carbonyl (C=O) groups is 1. The Bertz CT molecular complexity index is 239. The van der Waals surface area contributed by atoms with E-state index in [4.69, 9.17) is 5.73 Å². The molecule has 0 amide bonds. The van der Waals surface area contributed by atoms with E-state index in [-0.39, 0.29) is 5.41 Å². The molecule has 0 aromatic heterocycles. The fraction of sp³-hybridized carbons (Fsp3) is 0.923. The lowest BCUT2D eigenvalue weighted by Gasteiger charge is -2.43. The molecule has 0 spiro atoms. The van der Waals surface area contributed by atoms with Gasteiger partial charge in [-0.25, -0.2) is 0 Å². The summed E-state index contributed by atoms with van der Waals surface area (Å²) in [6.07, 6.45) is 8.06. The first-order valence-electron chi connectivity index (χ1n) is 6.42. The highest BCUT2D eigenvalue weighted by molar-refractivity contribution is 5.88. The van der Waals surface area contributed by atoms with Crippen LogP contribution in [0.2, 0.25) is 0 Å². The molecule has 2 saturated carbocycles. The maximum atomic E-state index is 12.4. The lowest BCUT2D eigenvalue weighted by Crippen LogP contribution is -2.47. The first-order valence-corrected chi connectivity index (χ1v) is 6.42. The molecule has 0 aliphatic heterocycles. The van der Waals surface area contributed by atoms with Crippen LogP contribution in [-0.2, 0) is 4.79 Å². The highest BCUT2D eigenvalue weighted by Crippen LogP contribution is 2.45. The van der Waals surface area contributed by atoms with Crippen LogP contribution in [0.5, 0.6) is 0 Å². The second-order valence-electron chi connectivity index (χ2n) is 5.67. The highest BCUT2D eigenvalue weighted by atomic mass is 16.1. The van der Waals surface area contributed by atoms with E-state index in [2.05, 4.69) is 6.92 Å². The smallest absolute Gasteiger partial charge is 0.143 e. The van der Waals surface area contributed by atoms with Crippen LogP contribution in [0.15, 0.2) is 0 Å². The van der Waals surface area contributed by atoms with Crippen molar-refractivity contribution < 1.29 is 4.79 Å². The molecule has 0 heterocycles. The summed E-state index contributed by atoms with van der Waals surface area (Å²) in [5.74, 6) is 1.57. The van der Waals surface area contributed by atoms with Gasteiger partial charge in [0.05, 0.1) is 0 Å². The van der Waals surface area contributed by atoms with Crippen LogP contribution in [0.3, 0.4) is 0 Å². The Morgan fingerprint density at radius 1 is 1.33 bits per heavy atom. The van der Waals surface area contributed by atoms with Gasteiger partial charge in [0.1, 0.15) is 5.78 Å². The third-order valence-corrected chi connectivity index (χ3v) is 4.53. The Morgan fingerprint density at radius 2 is 2.07 bits per heavy atom. The molecule has 15 heavy (non-hydrogen) atoms. The number of hydrogen-bond donors (Lipinski definition) is 1. The summed E-state index contributed by atoms with van der Waals surface area (Å²) < 4.78 is 0. The van der Waals surface area contributed by atoms with E-state index in [9.17, 15) is 4.79 Å². The van der Waals surface area contributed by atoms with Gasteiger partial charge in [-0.2, -0.15) is 0 Å². The summed E-state index contributed by atoms with van der Waals surface area (Å²) >= 11 is 0. The standard InChI is InChI=1S/C13H23NO/c1-10-4-2-5-11(8-10)12(15)13(9-14)6-3-7-13/h10-11H,2-9,14H2,1H3. The summed E-state index contributed by atoms with van der Waals surface area (Å²) in [4.78, 5) is 12.4. The van der Waals surface area contributed by atoms with E-state index in [0.29, 0.717) is 18.2 Å². The van der Waals surface area contributed by atoms with Gasteiger partial charge in [0.25, 0.3) is 0 Å². The van der Waals surface area contributed by atoms with E-state index in [1.165, 1.54) is 19.3 Å². The molecule has 2 heteroatoms. The molecule has 0 aromatic rings. The van der Waals surface area contributed by atoms with Crippen molar-refractivity contribution in [2.75, 3.05) is 6.54 Å². The second kappa shape index (κ2) is 4.25. The van der Waals surface area contributed by atoms with Crippen molar-refractivity contribution in [3.8, 4) is 0 Å². The lowest BCUT2D eigenvalue weighted by atomic mass is 9.61. The Hall–Kier alpha value is -0.370. The van der Waals surface area contributed by atoms with Crippen LogP contribution >= 0.6 is 0 Å². The predicted molar refractivity (Wildman–Crippen MR) is 61.5 cm³/mol. The van der Waals surface area contributed by atoms with E-state index in [0.717, 1.165) is 31.6 Å². The fourth-order valence-electron chi connectivity index (χ4n) is 3.26. The SMILES string of the molecule is CC1CCCC(C(=O)C2(CN)CCC2)C1. The summed E-state index contributed by atoms with van der Waals surface area (Å²) in [5.41, 5.74) is 5.69. The summed E-state index contributed by atoms with van der Waals surface area (Å²) in [7, 11) is 0. The number of rotatable bonds is 3. The zero-order valence-corrected chi connectivity index (χ0v) is 9.80. The van der Waals surface area contributed by atoms with Crippen molar-refractivity contribution in [1.82, 2.24) is 0 Å². The zero-order chi connectivity index (χ0) is 10.9. The molecule has 2 aliphatic carbocycles. The third kappa shape index (κ3) is 1.96. The number of Topliss-reactive ketones (excluding diaryl/α,β-unsaturated/α-hetero) is 1. The molecule has 86 valence electrons. The van der Waals surface area contributed by atoms with Crippen molar-refractivity contribution in [1.29, 1.82) is 0 Å². The summed E-state index contributed by atoms with van der Waals surface area (Å²) in [5, 5.41) is 0. The van der Waals surface area contributed by atoms with E-state index in [1.54, 1.807) is 0 Å². The van der Waals surface area contributed by atoms with Crippen LogP contribution in [-0.4, -0.2) is 12.3 Å². The normalized spacial score (nSPS) is 34.5. The van der Waals surface area contributed by atoms with E-state index in [1.807, 2.05) is 0 Å². The average molecular weight is 209 g/mol. The molecule has 2 aliphatic rings. The van der Waals surface area contributed by atoms with Crippen LogP contribution in [0, 0.1) is 17.3 Å². The van der Waals surface area contributed by atoms with Gasteiger partial charge in [-0.15, -0.1) is 0 Å². The average Bonchev–Trinajstić information content (AvgIpc) is 2.17. The molecule has 2 atom stereocenters. The van der Waals surface area contributed by atoms with Gasteiger partial charge in [-0.1, -0.05) is 26.2 Å². The Morgan fingerprint density at radius 3 is 2.53 bits per heavy atom. The number of hydrogen-bond acceptors (Lipinski definition) is 2. The molecule has 0 aromatic carbocycles. The first kappa shape index (κ1) is 11.1. The van der Waals surface area contributed by atoms with Crippen molar-refractivity contribution in [2.24, 2.45) is 23.0 Å². The van der Waals surface area contributed by atoms with Gasteiger partial charge >= 0.3 is 0 Å². The predicted octanol–water partition coefficient (Wildman–Crippen LogP) is 2.51. The monoisotopic (exact) mass is 209 g/mol. The molecule has 2 unspecified atom stereocenters. The minimum absolute atomic E-state index is 0.0955. The number of carbonyl (C=O) groups excluding carboxylic acids is 1. The lowest BCUT2D eigenvalue weighted by molar-refractivity contribution is -0.138. The first-order chi connectivity index (χ1) is 7.18. The molecule has 0 bridgehead atoms. The summed E-state index contributed by atoms with van der Waals surface area (Å²) in [6, 6.07) is 0. The topological polar surface area (TPSA) is 43.1 Å². The van der Waals surface area contributed by atoms with Crippen LogP contribution in [0.4, 0.5) is 0 Å². The maximum Gasteiger partial charge on any atom is 0.143 e. The fourth-order valence-corrected chi connectivity index (χ4v) is 3.26. The second-order valence-corrected chi connectivity index (χ2v) is 5.67. The molecule has 2 nitrogen and oxygen atoms in total. The largest absolute Gasteiger partial charge is 0.329 e. The molecule has 0 saturated heterocycles. The molecule has 2 N–H and O–H groups in total. The Labute approximate surface area is 92.6 Å². The zero-order valence-electron chi connectivity index (χ0n) is 9.80. The molecular weight excluding hydrogens is 186 g/mol. The summed E-state index contributed by atoms with van der Waals surface area (Å²) in [6.45, 7) is 2.85. The van der Waals surface area contributed by atoms with Crippen molar-refractivity contribution in [3.05, 3.63) is 0 Å². The molecule has 2 fully saturated rings. The quantitative estimate of drug-likeness (QED) is 0.776. The van der Waals surface area contributed by atoms with Crippen molar-refractivity contribution in [3.63, 3.8) is 0 Å². The van der Waals surface area contributed by atoms with Crippen LogP contribution in [0.1, 0.15) is 51.9 Å². The molecular formula is C13H23NO. The Kier molecular flexibility index (Phi) is 3.15. The van der Waals surface area contributed by atoms with E-state index >= 15 is 0 Å². The molecule has 2 rings (SSSR count). The third-order valence-electron chi connectivity index (χ3n) is 4.53. The van der Waals surface area contributed by atoms with Gasteiger partial charge < -0.3 is 5.73 Å². The minimum atomic E-state index is -0.0955. The van der Waals surface area contributed by atoms with Gasteiger partial charge in [0, 0.05) is 17.9 Å². The van der Waals surface area contributed by atoms with Gasteiger partial charge in [0.2, 0.25) is 0 Å². The molecule has 0 radical (unpaired) electrons. The van der Waals surface area contributed by atoms with Crippen molar-refractivity contribution >= 4 is 5.78 Å². The van der Waals surface area contributed by atoms with Crippen molar-refractivity contribution in [2.45, 2.75) is 51.9 Å². The van der Waals surface area contributed by atoms with Gasteiger partial charge in [-0.05, 0) is 31.6 Å². The highest BCUT2D eigenvalue weighted by Gasteiger charge is 2.45. The maximum absolute atomic E-state index is 12.4. The van der Waals surface area contributed by atoms with E-state index < -0.39 is 0 Å². The number of nitrogens with two attached hydrogens (primary N) is 1.